The number of benzene rings is 3. The molecule has 0 aliphatic heterocycles. The number of fused-ring (bicyclic) bond motifs is 9. The molecule has 0 radical (unpaired) electrons. The Balaban J connectivity index is 1.12. The highest BCUT2D eigenvalue weighted by Gasteiger charge is 2.22. The Bertz CT molecular complexity index is 3210. The number of rotatable bonds is 30. The van der Waals surface area contributed by atoms with Crippen molar-refractivity contribution in [3.05, 3.63) is 100 Å². The van der Waals surface area contributed by atoms with E-state index in [-0.39, 0.29) is 0 Å². The van der Waals surface area contributed by atoms with E-state index < -0.39 is 0 Å². The molecule has 6 heteroatoms. The van der Waals surface area contributed by atoms with Gasteiger partial charge in [-0.3, -0.25) is 0 Å². The second-order valence-corrected chi connectivity index (χ2v) is 28.0. The maximum atomic E-state index is 3.82. The van der Waals surface area contributed by atoms with Crippen molar-refractivity contribution in [2.24, 2.45) is 0 Å². The van der Waals surface area contributed by atoms with E-state index in [0.29, 0.717) is 0 Å². The van der Waals surface area contributed by atoms with E-state index in [1.54, 1.807) is 33.4 Å². The van der Waals surface area contributed by atoms with Crippen molar-refractivity contribution in [3.8, 4) is 23.7 Å². The van der Waals surface area contributed by atoms with Crippen molar-refractivity contribution < 1.29 is 0 Å². The summed E-state index contributed by atoms with van der Waals surface area (Å²) in [7, 11) is 0. The smallest absolute Gasteiger partial charge is 0.0785 e. The van der Waals surface area contributed by atoms with E-state index in [9.17, 15) is 0 Å². The third-order valence-electron chi connectivity index (χ3n) is 16.2. The lowest BCUT2D eigenvalue weighted by Gasteiger charge is -2.13. The maximum Gasteiger partial charge on any atom is 0.0785 e. The molecule has 0 atom stereocenters. The minimum absolute atomic E-state index is 1.15. The zero-order valence-electron chi connectivity index (χ0n) is 47.3. The first-order chi connectivity index (χ1) is 37.5. The summed E-state index contributed by atoms with van der Waals surface area (Å²) < 4.78 is 9.04. The molecule has 3 aromatic carbocycles. The number of thiophene rings is 6. The number of unbranched alkanes of at least 4 members (excludes halogenated alkanes) is 18. The molecule has 402 valence electrons. The van der Waals surface area contributed by atoms with Gasteiger partial charge in [-0.05, 0) is 181 Å². The molecule has 0 bridgehead atoms. The molecule has 6 aromatic heterocycles. The van der Waals surface area contributed by atoms with Gasteiger partial charge in [-0.1, -0.05) is 157 Å². The van der Waals surface area contributed by atoms with E-state index in [4.69, 9.17) is 0 Å². The van der Waals surface area contributed by atoms with Gasteiger partial charge in [0.25, 0.3) is 0 Å². The molecule has 0 nitrogen and oxygen atoms in total. The van der Waals surface area contributed by atoms with Gasteiger partial charge in [0, 0.05) is 60.5 Å². The second kappa shape index (κ2) is 29.1. The van der Waals surface area contributed by atoms with Crippen LogP contribution in [-0.2, 0) is 38.5 Å². The molecule has 76 heavy (non-hydrogen) atoms. The van der Waals surface area contributed by atoms with E-state index in [1.165, 1.54) is 260 Å². The fourth-order valence-electron chi connectivity index (χ4n) is 12.0. The molecular weight excluding hydrogens is 1030 g/mol. The first-order valence-corrected chi connectivity index (χ1v) is 35.5. The molecule has 9 aromatic rings. The number of hydrogen-bond acceptors (Lipinski definition) is 6. The average molecular weight is 1120 g/mol. The Morgan fingerprint density at radius 1 is 0.263 bits per heavy atom. The molecule has 0 aliphatic carbocycles. The van der Waals surface area contributed by atoms with Gasteiger partial charge in [-0.2, -0.15) is 0 Å². The van der Waals surface area contributed by atoms with Crippen molar-refractivity contribution in [3.63, 3.8) is 0 Å². The summed E-state index contributed by atoms with van der Waals surface area (Å²) in [4.78, 5) is 4.81. The van der Waals surface area contributed by atoms with Crippen molar-refractivity contribution in [2.75, 3.05) is 0 Å². The molecule has 0 unspecified atom stereocenters. The Labute approximate surface area is 482 Å². The summed E-state index contributed by atoms with van der Waals surface area (Å²) in [6.45, 7) is 14.0. The molecule has 0 aliphatic rings. The molecular formula is C70H86S6. The topological polar surface area (TPSA) is 0 Å². The molecule has 0 spiro atoms. The summed E-state index contributed by atoms with van der Waals surface area (Å²) >= 11 is 11.8. The largest absolute Gasteiger partial charge is 0.143 e. The highest BCUT2D eigenvalue weighted by molar-refractivity contribution is 7.23. The molecule has 0 saturated heterocycles. The third kappa shape index (κ3) is 13.6. The summed E-state index contributed by atoms with van der Waals surface area (Å²) in [6.07, 6.45) is 38.1. The van der Waals surface area contributed by atoms with E-state index >= 15 is 0 Å². The van der Waals surface area contributed by atoms with Gasteiger partial charge in [0.05, 0.1) is 19.5 Å². The van der Waals surface area contributed by atoms with Crippen molar-refractivity contribution in [1.82, 2.24) is 0 Å². The van der Waals surface area contributed by atoms with E-state index in [0.717, 1.165) is 12.8 Å². The summed E-state index contributed by atoms with van der Waals surface area (Å²) in [6, 6.07) is 14.6. The first-order valence-electron chi connectivity index (χ1n) is 30.4. The lowest BCUT2D eigenvalue weighted by Crippen LogP contribution is -1.97. The first kappa shape index (κ1) is 57.2. The number of aryl methyl sites for hydroxylation is 6. The van der Waals surface area contributed by atoms with Crippen molar-refractivity contribution in [2.45, 2.75) is 234 Å². The quantitative estimate of drug-likeness (QED) is 0.0311. The van der Waals surface area contributed by atoms with Gasteiger partial charge in [-0.15, -0.1) is 68.0 Å². The van der Waals surface area contributed by atoms with Crippen LogP contribution in [0.4, 0.5) is 0 Å². The van der Waals surface area contributed by atoms with Crippen LogP contribution in [-0.4, -0.2) is 0 Å². The maximum absolute atomic E-state index is 3.82. The van der Waals surface area contributed by atoms with Crippen molar-refractivity contribution >= 4 is 129 Å². The molecule has 0 saturated carbocycles. The normalized spacial score (nSPS) is 11.9. The van der Waals surface area contributed by atoms with Gasteiger partial charge in [0.1, 0.15) is 0 Å². The summed E-state index contributed by atoms with van der Waals surface area (Å²) in [5, 5.41) is 13.2. The Kier molecular flexibility index (Phi) is 21.9. The van der Waals surface area contributed by atoms with Crippen LogP contribution in [0.25, 0.3) is 60.5 Å². The van der Waals surface area contributed by atoms with E-state index in [1.807, 2.05) is 68.0 Å². The second-order valence-electron chi connectivity index (χ2n) is 22.0. The van der Waals surface area contributed by atoms with E-state index in [2.05, 4.69) is 112 Å². The van der Waals surface area contributed by atoms with Crippen LogP contribution in [0.5, 0.6) is 0 Å². The minimum Gasteiger partial charge on any atom is -0.143 e. The highest BCUT2D eigenvalue weighted by Crippen LogP contribution is 2.46. The standard InChI is InChI=1S/C70H86S6/c1-7-13-19-25-31-53-55(33-27-21-15-9-3)67-61(59-41-43-71-65(53)59)45-49(73-67)37-39-51-47-63-64-48-52(76-70(64)58(36-30-24-18-12-6)57(69(63)75-51)35-29-23-17-11-5)40-38-50-46-62-60-42-44-72-66(60)54(32-26-20-14-8-2)56(68(62)74-50)34-28-22-16-10-4/h41-48H,7-36H2,1-6H3. The van der Waals surface area contributed by atoms with Crippen molar-refractivity contribution in [1.29, 1.82) is 0 Å². The van der Waals surface area contributed by atoms with Crippen LogP contribution < -0.4 is 0 Å². The number of hydrogen-bond donors (Lipinski definition) is 0. The zero-order valence-corrected chi connectivity index (χ0v) is 52.2. The molecule has 6 heterocycles. The molecule has 9 rings (SSSR count). The van der Waals surface area contributed by atoms with Gasteiger partial charge in [-0.25, -0.2) is 0 Å². The summed E-state index contributed by atoms with van der Waals surface area (Å²) in [5.41, 5.74) is 9.77. The average Bonchev–Trinajstić information content (AvgIpc) is 4.33. The highest BCUT2D eigenvalue weighted by atomic mass is 32.1. The third-order valence-corrected chi connectivity index (χ3v) is 22.6. The Morgan fingerprint density at radius 3 is 0.724 bits per heavy atom. The van der Waals surface area contributed by atoms with Gasteiger partial charge in [0.2, 0.25) is 0 Å². The Hall–Kier alpha value is -3.46. The van der Waals surface area contributed by atoms with Crippen LogP contribution in [0.2, 0.25) is 0 Å². The van der Waals surface area contributed by atoms with Crippen LogP contribution in [0.3, 0.4) is 0 Å². The molecule has 0 amide bonds. The zero-order chi connectivity index (χ0) is 52.6. The predicted octanol–water partition coefficient (Wildman–Crippen LogP) is 24.5. The minimum atomic E-state index is 1.15. The van der Waals surface area contributed by atoms with Gasteiger partial charge in [0.15, 0.2) is 0 Å². The van der Waals surface area contributed by atoms with Gasteiger partial charge >= 0.3 is 0 Å². The SMILES string of the molecule is CCCCCCc1c(CCCCCC)c2sc(C#Cc3cc4c(s3)c(CCCCCC)c(CCCCCC)c3sc(C#Cc5cc6c(s5)c(CCCCCC)c(CCCCCC)c5sccc56)cc34)cc2c2ccsc12. The van der Waals surface area contributed by atoms with Crippen LogP contribution in [0, 0.1) is 23.7 Å². The van der Waals surface area contributed by atoms with Crippen LogP contribution in [0.1, 0.15) is 249 Å². The fourth-order valence-corrected chi connectivity index (χ4v) is 18.6. The lowest BCUT2D eigenvalue weighted by atomic mass is 9.93. The van der Waals surface area contributed by atoms with Crippen LogP contribution in [0.15, 0.2) is 47.2 Å². The summed E-state index contributed by atoms with van der Waals surface area (Å²) in [5.74, 6) is 15.3. The Morgan fingerprint density at radius 2 is 0.487 bits per heavy atom. The lowest BCUT2D eigenvalue weighted by molar-refractivity contribution is 0.654. The monoisotopic (exact) mass is 1120 g/mol. The van der Waals surface area contributed by atoms with Gasteiger partial charge < -0.3 is 0 Å². The molecule has 0 N–H and O–H groups in total. The fraction of sp³-hybridized carbons (Fsp3) is 0.514. The molecule has 0 fully saturated rings. The predicted molar refractivity (Wildman–Crippen MR) is 351 cm³/mol. The van der Waals surface area contributed by atoms with Crippen LogP contribution >= 0.6 is 68.0 Å².